The van der Waals surface area contributed by atoms with E-state index in [2.05, 4.69) is 66.7 Å². The van der Waals surface area contributed by atoms with Crippen LogP contribution in [0.5, 0.6) is 0 Å². The summed E-state index contributed by atoms with van der Waals surface area (Å²) in [5.74, 6) is 2.08. The third kappa shape index (κ3) is 4.18. The van der Waals surface area contributed by atoms with Gasteiger partial charge in [-0.1, -0.05) is 129 Å². The first kappa shape index (κ1) is 23.5. The summed E-state index contributed by atoms with van der Waals surface area (Å²) in [6, 6.07) is 44.1. The average molecular weight is 490 g/mol. The molecular formula is C35H27N3. The molecule has 38 heavy (non-hydrogen) atoms. The van der Waals surface area contributed by atoms with Crippen LogP contribution in [0.3, 0.4) is 0 Å². The van der Waals surface area contributed by atoms with Gasteiger partial charge in [0.05, 0.1) is 0 Å². The van der Waals surface area contributed by atoms with E-state index in [1.807, 2.05) is 60.7 Å². The molecule has 1 aromatic heterocycles. The fraction of sp³-hybridized carbons (Fsp3) is 0.0571. The highest BCUT2D eigenvalue weighted by Crippen LogP contribution is 2.42. The van der Waals surface area contributed by atoms with Gasteiger partial charge in [-0.3, -0.25) is 0 Å². The second-order valence-electron chi connectivity index (χ2n) is 9.28. The Balaban J connectivity index is 0.00000264. The van der Waals surface area contributed by atoms with Crippen LogP contribution in [0.25, 0.3) is 56.4 Å². The fourth-order valence-electron chi connectivity index (χ4n) is 5.15. The van der Waals surface area contributed by atoms with E-state index in [0.29, 0.717) is 17.5 Å². The smallest absolute Gasteiger partial charge is 0.164 e. The summed E-state index contributed by atoms with van der Waals surface area (Å²) in [5, 5.41) is 0. The number of aromatic nitrogens is 3. The Morgan fingerprint density at radius 2 is 0.921 bits per heavy atom. The van der Waals surface area contributed by atoms with Crippen LogP contribution in [0.4, 0.5) is 0 Å². The van der Waals surface area contributed by atoms with Crippen LogP contribution in [0.1, 0.15) is 18.6 Å². The highest BCUT2D eigenvalue weighted by atomic mass is 15.0. The van der Waals surface area contributed by atoms with Crippen LogP contribution in [-0.2, 0) is 6.42 Å². The van der Waals surface area contributed by atoms with Crippen molar-refractivity contribution in [1.29, 1.82) is 0 Å². The minimum atomic E-state index is 0. The normalized spacial score (nSPS) is 11.4. The molecule has 1 aliphatic carbocycles. The van der Waals surface area contributed by atoms with E-state index in [1.165, 1.54) is 33.4 Å². The molecule has 0 spiro atoms. The zero-order valence-electron chi connectivity index (χ0n) is 20.2. The molecule has 0 saturated carbocycles. The zero-order chi connectivity index (χ0) is 24.6. The van der Waals surface area contributed by atoms with E-state index in [9.17, 15) is 0 Å². The van der Waals surface area contributed by atoms with Crippen molar-refractivity contribution >= 4 is 0 Å². The van der Waals surface area contributed by atoms with Crippen LogP contribution in [-0.4, -0.2) is 15.0 Å². The molecule has 6 aromatic rings. The molecule has 0 unspecified atom stereocenters. The quantitative estimate of drug-likeness (QED) is 0.248. The maximum Gasteiger partial charge on any atom is 0.164 e. The Morgan fingerprint density at radius 3 is 1.53 bits per heavy atom. The molecule has 0 bridgehead atoms. The van der Waals surface area contributed by atoms with E-state index in [0.717, 1.165) is 23.1 Å². The molecule has 0 aliphatic heterocycles. The van der Waals surface area contributed by atoms with Gasteiger partial charge < -0.3 is 0 Å². The lowest BCUT2D eigenvalue weighted by Crippen LogP contribution is -2.01. The van der Waals surface area contributed by atoms with E-state index in [-0.39, 0.29) is 7.43 Å². The summed E-state index contributed by atoms with van der Waals surface area (Å²) in [5.41, 5.74) is 10.6. The Labute approximate surface area is 223 Å². The fourth-order valence-corrected chi connectivity index (χ4v) is 5.15. The average Bonchev–Trinajstić information content (AvgIpc) is 3.36. The minimum Gasteiger partial charge on any atom is -0.208 e. The molecule has 3 heteroatoms. The van der Waals surface area contributed by atoms with Crippen molar-refractivity contribution in [2.75, 3.05) is 0 Å². The molecule has 0 radical (unpaired) electrons. The van der Waals surface area contributed by atoms with Crippen molar-refractivity contribution < 1.29 is 0 Å². The molecule has 3 nitrogen and oxygen atoms in total. The first-order valence-electron chi connectivity index (χ1n) is 12.5. The van der Waals surface area contributed by atoms with Crippen LogP contribution < -0.4 is 0 Å². The molecule has 1 aliphatic rings. The van der Waals surface area contributed by atoms with E-state index in [4.69, 9.17) is 15.0 Å². The predicted molar refractivity (Wildman–Crippen MR) is 157 cm³/mol. The van der Waals surface area contributed by atoms with Gasteiger partial charge in [-0.15, -0.1) is 0 Å². The number of nitrogens with zero attached hydrogens (tertiary/aromatic N) is 3. The lowest BCUT2D eigenvalue weighted by atomic mass is 9.98. The van der Waals surface area contributed by atoms with Gasteiger partial charge in [0.2, 0.25) is 0 Å². The predicted octanol–water partition coefficient (Wildman–Crippen LogP) is 8.75. The van der Waals surface area contributed by atoms with Gasteiger partial charge in [-0.25, -0.2) is 15.0 Å². The molecule has 0 fully saturated rings. The van der Waals surface area contributed by atoms with Gasteiger partial charge in [-0.05, 0) is 45.9 Å². The van der Waals surface area contributed by atoms with Crippen molar-refractivity contribution in [3.8, 4) is 56.4 Å². The third-order valence-corrected chi connectivity index (χ3v) is 6.99. The number of rotatable bonds is 4. The van der Waals surface area contributed by atoms with Crippen molar-refractivity contribution in [2.24, 2.45) is 0 Å². The second kappa shape index (κ2) is 9.87. The maximum absolute atomic E-state index is 4.98. The van der Waals surface area contributed by atoms with Gasteiger partial charge in [0.15, 0.2) is 17.5 Å². The molecule has 0 atom stereocenters. The molecule has 5 aromatic carbocycles. The SMILES string of the molecule is C.c1ccc(-c2ccc3c(c2)-c2cccc(-c4nc(-c5ccccc5)nc(-c5ccccc5)n4)c2C3)cc1. The largest absolute Gasteiger partial charge is 0.208 e. The minimum absolute atomic E-state index is 0. The molecule has 0 amide bonds. The Hall–Kier alpha value is -4.89. The number of hydrogen-bond donors (Lipinski definition) is 0. The summed E-state index contributed by atoms with van der Waals surface area (Å²) < 4.78 is 0. The lowest BCUT2D eigenvalue weighted by molar-refractivity contribution is 1.07. The second-order valence-corrected chi connectivity index (χ2v) is 9.28. The van der Waals surface area contributed by atoms with Crippen molar-refractivity contribution in [1.82, 2.24) is 15.0 Å². The van der Waals surface area contributed by atoms with E-state index in [1.54, 1.807) is 0 Å². The summed E-state index contributed by atoms with van der Waals surface area (Å²) >= 11 is 0. The van der Waals surface area contributed by atoms with Crippen molar-refractivity contribution in [3.05, 3.63) is 139 Å². The van der Waals surface area contributed by atoms with Crippen LogP contribution in [0, 0.1) is 0 Å². The third-order valence-electron chi connectivity index (χ3n) is 6.99. The van der Waals surface area contributed by atoms with Gasteiger partial charge in [-0.2, -0.15) is 0 Å². The molecule has 7 rings (SSSR count). The maximum atomic E-state index is 4.98. The number of hydrogen-bond acceptors (Lipinski definition) is 3. The highest BCUT2D eigenvalue weighted by Gasteiger charge is 2.24. The van der Waals surface area contributed by atoms with E-state index >= 15 is 0 Å². The molecular weight excluding hydrogens is 462 g/mol. The summed E-state index contributed by atoms with van der Waals surface area (Å²) in [4.78, 5) is 14.8. The number of fused-ring (bicyclic) bond motifs is 3. The molecule has 182 valence electrons. The molecule has 0 N–H and O–H groups in total. The van der Waals surface area contributed by atoms with Crippen molar-refractivity contribution in [2.45, 2.75) is 13.8 Å². The Kier molecular flexibility index (Phi) is 6.11. The van der Waals surface area contributed by atoms with Gasteiger partial charge in [0, 0.05) is 16.7 Å². The summed E-state index contributed by atoms with van der Waals surface area (Å²) in [6.07, 6.45) is 0.864. The summed E-state index contributed by atoms with van der Waals surface area (Å²) in [6.45, 7) is 0. The zero-order valence-corrected chi connectivity index (χ0v) is 20.2. The standard InChI is InChI=1S/C34H23N3.CH4/c1-4-11-23(12-5-1)26-19-20-27-22-31-28(30(27)21-26)17-10-18-29(31)34-36-32(24-13-6-2-7-14-24)35-33(37-34)25-15-8-3-9-16-25;/h1-21H,22H2;1H4. The van der Waals surface area contributed by atoms with Gasteiger partial charge in [0.1, 0.15) is 0 Å². The number of benzene rings is 5. The Bertz CT molecular complexity index is 1670. The van der Waals surface area contributed by atoms with Crippen LogP contribution in [0.2, 0.25) is 0 Å². The lowest BCUT2D eigenvalue weighted by Gasteiger charge is -2.11. The van der Waals surface area contributed by atoms with Crippen molar-refractivity contribution in [3.63, 3.8) is 0 Å². The Morgan fingerprint density at radius 1 is 0.395 bits per heavy atom. The summed E-state index contributed by atoms with van der Waals surface area (Å²) in [7, 11) is 0. The van der Waals surface area contributed by atoms with Gasteiger partial charge >= 0.3 is 0 Å². The first-order valence-corrected chi connectivity index (χ1v) is 12.5. The highest BCUT2D eigenvalue weighted by molar-refractivity contribution is 5.86. The van der Waals surface area contributed by atoms with Gasteiger partial charge in [0.25, 0.3) is 0 Å². The first-order chi connectivity index (χ1) is 18.3. The molecule has 1 heterocycles. The van der Waals surface area contributed by atoms with Crippen LogP contribution >= 0.6 is 0 Å². The van der Waals surface area contributed by atoms with Crippen LogP contribution in [0.15, 0.2) is 127 Å². The molecule has 0 saturated heterocycles. The topological polar surface area (TPSA) is 38.7 Å². The monoisotopic (exact) mass is 489 g/mol. The van der Waals surface area contributed by atoms with E-state index < -0.39 is 0 Å².